The zero-order valence-corrected chi connectivity index (χ0v) is 11.6. The smallest absolute Gasteiger partial charge is 0.111 e. The molecule has 0 saturated heterocycles. The molecule has 2 rings (SSSR count). The topological polar surface area (TPSA) is 47.3 Å². The van der Waals surface area contributed by atoms with Crippen molar-refractivity contribution >= 4 is 23.4 Å². The number of allylic oxidation sites excluding steroid dienone is 1. The van der Waals surface area contributed by atoms with Crippen molar-refractivity contribution in [1.29, 1.82) is 0 Å². The summed E-state index contributed by atoms with van der Waals surface area (Å²) in [5, 5.41) is 0.775. The van der Waals surface area contributed by atoms with Gasteiger partial charge in [-0.05, 0) is 31.1 Å². The normalized spacial score (nSPS) is 16.9. The Labute approximate surface area is 117 Å². The van der Waals surface area contributed by atoms with Gasteiger partial charge in [0.2, 0.25) is 0 Å². The van der Waals surface area contributed by atoms with Gasteiger partial charge in [0.05, 0.1) is 17.7 Å². The number of ether oxygens (including phenoxy) is 1. The van der Waals surface area contributed by atoms with E-state index in [1.54, 1.807) is 11.8 Å². The summed E-state index contributed by atoms with van der Waals surface area (Å²) in [7, 11) is 0. The maximum Gasteiger partial charge on any atom is 0.111 e. The summed E-state index contributed by atoms with van der Waals surface area (Å²) in [6.45, 7) is 0.779. The van der Waals surface area contributed by atoms with Crippen molar-refractivity contribution in [1.82, 2.24) is 5.43 Å². The molecule has 0 amide bonds. The number of benzene rings is 1. The van der Waals surface area contributed by atoms with Crippen LogP contribution in [0, 0.1) is 0 Å². The molecule has 1 heterocycles. The molecule has 0 saturated carbocycles. The van der Waals surface area contributed by atoms with Crippen molar-refractivity contribution in [3.63, 3.8) is 0 Å². The Bertz CT molecular complexity index is 425. The predicted molar refractivity (Wildman–Crippen MR) is 76.6 cm³/mol. The van der Waals surface area contributed by atoms with E-state index >= 15 is 0 Å². The average molecular weight is 285 g/mol. The van der Waals surface area contributed by atoms with Crippen LogP contribution in [-0.4, -0.2) is 18.4 Å². The van der Waals surface area contributed by atoms with E-state index in [0.717, 1.165) is 40.9 Å². The van der Waals surface area contributed by atoms with E-state index in [-0.39, 0.29) is 6.04 Å². The van der Waals surface area contributed by atoms with Gasteiger partial charge < -0.3 is 4.74 Å². The number of halogens is 1. The number of thioether (sulfide) groups is 1. The van der Waals surface area contributed by atoms with Crippen LogP contribution in [0.2, 0.25) is 5.02 Å². The van der Waals surface area contributed by atoms with Crippen LogP contribution in [0.5, 0.6) is 0 Å². The van der Waals surface area contributed by atoms with Crippen LogP contribution in [0.4, 0.5) is 0 Å². The van der Waals surface area contributed by atoms with Crippen molar-refractivity contribution in [2.75, 3.05) is 12.4 Å². The molecule has 1 unspecified atom stereocenters. The Morgan fingerprint density at radius 3 is 2.94 bits per heavy atom. The van der Waals surface area contributed by atoms with Crippen molar-refractivity contribution < 1.29 is 4.74 Å². The van der Waals surface area contributed by atoms with Gasteiger partial charge in [-0.3, -0.25) is 5.84 Å². The van der Waals surface area contributed by atoms with E-state index in [1.807, 2.05) is 24.3 Å². The molecule has 0 spiro atoms. The molecule has 0 aromatic heterocycles. The fourth-order valence-electron chi connectivity index (χ4n) is 1.77. The maximum atomic E-state index is 6.12. The number of nitrogens with one attached hydrogen (secondary N) is 1. The first kappa shape index (κ1) is 13.7. The third kappa shape index (κ3) is 3.65. The Hall–Kier alpha value is -0.680. The Morgan fingerprint density at radius 2 is 2.28 bits per heavy atom. The second kappa shape index (κ2) is 7.04. The SMILES string of the molecule is NNC(CSc1ccccc1Cl)C1=CCCCO1. The largest absolute Gasteiger partial charge is 0.497 e. The minimum Gasteiger partial charge on any atom is -0.497 e. The molecule has 0 radical (unpaired) electrons. The van der Waals surface area contributed by atoms with Gasteiger partial charge in [0.1, 0.15) is 5.76 Å². The molecular formula is C13H17ClN2OS. The number of hydrogen-bond donors (Lipinski definition) is 2. The quantitative estimate of drug-likeness (QED) is 0.496. The first-order chi connectivity index (χ1) is 8.81. The van der Waals surface area contributed by atoms with E-state index in [2.05, 4.69) is 11.5 Å². The van der Waals surface area contributed by atoms with Gasteiger partial charge >= 0.3 is 0 Å². The van der Waals surface area contributed by atoms with Crippen molar-refractivity contribution in [2.45, 2.75) is 23.8 Å². The molecule has 0 bridgehead atoms. The number of nitrogens with two attached hydrogens (primary N) is 1. The van der Waals surface area contributed by atoms with Crippen LogP contribution in [0.3, 0.4) is 0 Å². The van der Waals surface area contributed by atoms with E-state index < -0.39 is 0 Å². The number of hydrogen-bond acceptors (Lipinski definition) is 4. The minimum atomic E-state index is 0.0339. The highest BCUT2D eigenvalue weighted by Gasteiger charge is 2.17. The van der Waals surface area contributed by atoms with E-state index in [1.165, 1.54) is 0 Å². The second-order valence-corrected chi connectivity index (χ2v) is 5.53. The highest BCUT2D eigenvalue weighted by atomic mass is 35.5. The van der Waals surface area contributed by atoms with E-state index in [4.69, 9.17) is 22.2 Å². The summed E-state index contributed by atoms with van der Waals surface area (Å²) in [5.74, 6) is 7.33. The molecule has 98 valence electrons. The van der Waals surface area contributed by atoms with Crippen molar-refractivity contribution in [2.24, 2.45) is 5.84 Å². The minimum absolute atomic E-state index is 0.0339. The second-order valence-electron chi connectivity index (χ2n) is 4.06. The summed E-state index contributed by atoms with van der Waals surface area (Å²) in [5.41, 5.74) is 2.80. The first-order valence-electron chi connectivity index (χ1n) is 5.97. The van der Waals surface area contributed by atoms with Gasteiger partial charge in [-0.25, -0.2) is 5.43 Å². The van der Waals surface area contributed by atoms with Gasteiger partial charge in [-0.2, -0.15) is 0 Å². The summed E-state index contributed by atoms with van der Waals surface area (Å²) in [6, 6.07) is 7.85. The average Bonchev–Trinajstić information content (AvgIpc) is 2.42. The van der Waals surface area contributed by atoms with Crippen LogP contribution in [0.15, 0.2) is 41.0 Å². The zero-order chi connectivity index (χ0) is 12.8. The Balaban J connectivity index is 1.95. The van der Waals surface area contributed by atoms with Crippen LogP contribution in [0.25, 0.3) is 0 Å². The van der Waals surface area contributed by atoms with Crippen molar-refractivity contribution in [3.05, 3.63) is 41.1 Å². The molecule has 3 nitrogen and oxygen atoms in total. The standard InChI is InChI=1S/C13H17ClN2OS/c14-10-5-1-2-7-13(10)18-9-11(16-15)12-6-3-4-8-17-12/h1-2,5-7,11,16H,3-4,8-9,15H2. The molecule has 0 fully saturated rings. The maximum absolute atomic E-state index is 6.12. The van der Waals surface area contributed by atoms with Crippen LogP contribution >= 0.6 is 23.4 Å². The zero-order valence-electron chi connectivity index (χ0n) is 10.1. The fourth-order valence-corrected chi connectivity index (χ4v) is 3.05. The molecule has 0 aliphatic carbocycles. The summed E-state index contributed by atoms with van der Waals surface area (Å²) < 4.78 is 5.62. The first-order valence-corrected chi connectivity index (χ1v) is 7.34. The van der Waals surface area contributed by atoms with E-state index in [0.29, 0.717) is 0 Å². The number of hydrazine groups is 1. The third-order valence-corrected chi connectivity index (χ3v) is 4.36. The lowest BCUT2D eigenvalue weighted by molar-refractivity contribution is 0.172. The highest BCUT2D eigenvalue weighted by Crippen LogP contribution is 2.28. The molecule has 3 N–H and O–H groups in total. The molecule has 1 aromatic carbocycles. The van der Waals surface area contributed by atoms with Gasteiger partial charge in [0, 0.05) is 10.6 Å². The Morgan fingerprint density at radius 1 is 1.44 bits per heavy atom. The molecule has 18 heavy (non-hydrogen) atoms. The lowest BCUT2D eigenvalue weighted by atomic mass is 10.2. The lowest BCUT2D eigenvalue weighted by Crippen LogP contribution is -2.39. The lowest BCUT2D eigenvalue weighted by Gasteiger charge is -2.23. The molecule has 1 aliphatic rings. The summed E-state index contributed by atoms with van der Waals surface area (Å²) >= 11 is 7.80. The third-order valence-electron chi connectivity index (χ3n) is 2.75. The molecule has 1 atom stereocenters. The van der Waals surface area contributed by atoms with Gasteiger partial charge in [0.25, 0.3) is 0 Å². The van der Waals surface area contributed by atoms with Gasteiger partial charge in [-0.1, -0.05) is 23.7 Å². The van der Waals surface area contributed by atoms with Crippen molar-refractivity contribution in [3.8, 4) is 0 Å². The number of rotatable bonds is 5. The van der Waals surface area contributed by atoms with Gasteiger partial charge in [0.15, 0.2) is 0 Å². The highest BCUT2D eigenvalue weighted by molar-refractivity contribution is 7.99. The summed E-state index contributed by atoms with van der Waals surface area (Å²) in [6.07, 6.45) is 4.25. The molecular weight excluding hydrogens is 268 g/mol. The predicted octanol–water partition coefficient (Wildman–Crippen LogP) is 2.96. The fraction of sp³-hybridized carbons (Fsp3) is 0.385. The molecule has 1 aliphatic heterocycles. The molecule has 1 aromatic rings. The Kier molecular flexibility index (Phi) is 5.38. The van der Waals surface area contributed by atoms with E-state index in [9.17, 15) is 0 Å². The molecule has 5 heteroatoms. The van der Waals surface area contributed by atoms with Crippen LogP contribution in [-0.2, 0) is 4.74 Å². The van der Waals surface area contributed by atoms with Crippen LogP contribution < -0.4 is 11.3 Å². The van der Waals surface area contributed by atoms with Crippen LogP contribution in [0.1, 0.15) is 12.8 Å². The summed E-state index contributed by atoms with van der Waals surface area (Å²) in [4.78, 5) is 1.07. The van der Waals surface area contributed by atoms with Gasteiger partial charge in [-0.15, -0.1) is 11.8 Å². The monoisotopic (exact) mass is 284 g/mol.